The van der Waals surface area contributed by atoms with Crippen LogP contribution in [0.25, 0.3) is 0 Å². The van der Waals surface area contributed by atoms with Gasteiger partial charge in [0.1, 0.15) is 0 Å². The molecule has 2 aromatic heterocycles. The molecule has 6 N–H and O–H groups in total. The number of aromatic nitrogens is 2. The second kappa shape index (κ2) is 20.7. The molecule has 0 spiro atoms. The van der Waals surface area contributed by atoms with E-state index in [0.717, 1.165) is 101 Å². The van der Waals surface area contributed by atoms with E-state index in [1.54, 1.807) is 24.5 Å². The molecule has 0 aliphatic heterocycles. The Morgan fingerprint density at radius 2 is 0.986 bits per heavy atom. The predicted octanol–water partition coefficient (Wildman–Crippen LogP) is 10.9. The zero-order valence-electron chi connectivity index (χ0n) is 45.0. The van der Waals surface area contributed by atoms with Gasteiger partial charge in [0, 0.05) is 60.4 Å². The van der Waals surface area contributed by atoms with E-state index in [4.69, 9.17) is 3.63 Å². The first kappa shape index (κ1) is 54.4. The summed E-state index contributed by atoms with van der Waals surface area (Å²) in [5.41, 5.74) is 1.87. The zero-order valence-corrected chi connectivity index (χ0v) is 46.7. The summed E-state index contributed by atoms with van der Waals surface area (Å²) in [5.74, 6) is 2.69. The molecule has 13 heteroatoms. The lowest BCUT2D eigenvalue weighted by Gasteiger charge is -2.63. The summed E-state index contributed by atoms with van der Waals surface area (Å²) in [5, 5.41) is 68.9. The zero-order chi connectivity index (χ0) is 52.1. The van der Waals surface area contributed by atoms with E-state index in [9.17, 15) is 40.2 Å². The van der Waals surface area contributed by atoms with Gasteiger partial charge in [-0.15, -0.1) is 0 Å². The molecule has 404 valence electrons. The molecule has 2 aromatic rings. The Labute approximate surface area is 444 Å². The molecule has 0 aromatic carbocycles. The standard InChI is InChI=1S/C60H88N2O9S2/c1-31(41-11-13-43-53-45(29-51(69)59(41,43)7)57(5)21-17-37(63)25-35(57)27-49(53)67)9-15-47(65)39-19-23-61-33(3)55(39)72-71-73-56-34(4)62-24-20-40(56)48(66)16-10-32(2)42-12-14-44-54-46(30-52(70)60(42,44)8)58(6)22-18-38(64)26-36(58)28-50(54)68/h19-20,23-24,31-32,35-38,41-46,49-54,63-64,67-70H,9-18,21-22,25-30H2,1-8H3. The Bertz CT molecular complexity index is 2210. The van der Waals surface area contributed by atoms with E-state index in [1.807, 2.05) is 13.8 Å². The van der Waals surface area contributed by atoms with Crippen LogP contribution in [0.3, 0.4) is 0 Å². The van der Waals surface area contributed by atoms with Gasteiger partial charge in [-0.25, -0.2) is 3.63 Å². The summed E-state index contributed by atoms with van der Waals surface area (Å²) in [7, 11) is 0. The van der Waals surface area contributed by atoms with Crippen molar-refractivity contribution >= 4 is 35.7 Å². The molecule has 11 nitrogen and oxygen atoms in total. The molecule has 8 aliphatic carbocycles. The second-order valence-electron chi connectivity index (χ2n) is 26.7. The number of fused-ring (bicyclic) bond motifs is 10. The summed E-state index contributed by atoms with van der Waals surface area (Å²) in [6.07, 6.45) is 14.8. The Balaban J connectivity index is 0.751. The quantitative estimate of drug-likeness (QED) is 0.0775. The highest BCUT2D eigenvalue weighted by Crippen LogP contribution is 2.70. The third-order valence-corrected chi connectivity index (χ3v) is 25.6. The topological polar surface area (TPSA) is 191 Å². The average Bonchev–Trinajstić information content (AvgIpc) is 3.90. The maximum Gasteiger partial charge on any atom is 0.164 e. The van der Waals surface area contributed by atoms with Crippen molar-refractivity contribution in [2.75, 3.05) is 0 Å². The molecule has 8 fully saturated rings. The van der Waals surface area contributed by atoms with E-state index in [-0.39, 0.29) is 116 Å². The van der Waals surface area contributed by atoms with Gasteiger partial charge in [0.25, 0.3) is 0 Å². The summed E-state index contributed by atoms with van der Waals surface area (Å²) < 4.78 is 6.25. The number of aryl methyl sites for hydroxylation is 2. The van der Waals surface area contributed by atoms with Crippen molar-refractivity contribution in [1.82, 2.24) is 9.97 Å². The summed E-state index contributed by atoms with van der Waals surface area (Å²) >= 11 is 2.19. The highest BCUT2D eigenvalue weighted by molar-refractivity contribution is 8.08. The lowest BCUT2D eigenvalue weighted by molar-refractivity contribution is -0.207. The number of hydrogen-bond donors (Lipinski definition) is 6. The first-order chi connectivity index (χ1) is 34.6. The van der Waals surface area contributed by atoms with Gasteiger partial charge in [-0.2, -0.15) is 0 Å². The minimum absolute atomic E-state index is 0.0203. The molecular weight excluding hydrogens is 957 g/mol. The number of nitrogens with zero attached hydrogens (tertiary/aromatic N) is 2. The Morgan fingerprint density at radius 3 is 1.38 bits per heavy atom. The van der Waals surface area contributed by atoms with E-state index >= 15 is 0 Å². The number of aliphatic hydroxyl groups excluding tert-OH is 6. The van der Waals surface area contributed by atoms with E-state index in [0.29, 0.717) is 70.8 Å². The molecule has 2 heterocycles. The average molecular weight is 1050 g/mol. The van der Waals surface area contributed by atoms with E-state index < -0.39 is 24.4 Å². The third-order valence-electron chi connectivity index (χ3n) is 23.7. The van der Waals surface area contributed by atoms with Crippen LogP contribution in [0.4, 0.5) is 0 Å². The minimum atomic E-state index is -0.476. The number of pyridine rings is 2. The predicted molar refractivity (Wildman–Crippen MR) is 284 cm³/mol. The first-order valence-electron chi connectivity index (χ1n) is 28.7. The fourth-order valence-electron chi connectivity index (χ4n) is 19.5. The minimum Gasteiger partial charge on any atom is -0.393 e. The molecular formula is C60H88N2O9S2. The summed E-state index contributed by atoms with van der Waals surface area (Å²) in [6, 6.07) is 3.55. The molecule has 0 bridgehead atoms. The van der Waals surface area contributed by atoms with Crippen LogP contribution in [0, 0.1) is 107 Å². The molecule has 0 saturated heterocycles. The van der Waals surface area contributed by atoms with Crippen molar-refractivity contribution in [3.05, 3.63) is 47.0 Å². The SMILES string of the molecule is Cc1nccc(C(=O)CCC(C)C2CCC3C4C(O)CC5CC(O)CCC5(C)C4CC(O)C23C)c1SOSc1c(C(=O)CCC(C)C2CCC3C4C(O)CC5CC(O)CCC5(C)C4CC(O)C23C)ccnc1C. The fourth-order valence-corrected chi connectivity index (χ4v) is 21.1. The van der Waals surface area contributed by atoms with Gasteiger partial charge in [-0.1, -0.05) is 41.5 Å². The molecule has 73 heavy (non-hydrogen) atoms. The molecule has 22 unspecified atom stereocenters. The third kappa shape index (κ3) is 9.18. The Kier molecular flexibility index (Phi) is 15.4. The number of carbonyl (C=O) groups is 2. The van der Waals surface area contributed by atoms with Crippen LogP contribution >= 0.6 is 24.1 Å². The summed E-state index contributed by atoms with van der Waals surface area (Å²) in [4.78, 5) is 38.8. The van der Waals surface area contributed by atoms with E-state index in [1.165, 1.54) is 0 Å². The van der Waals surface area contributed by atoms with Crippen molar-refractivity contribution in [2.24, 2.45) is 92.7 Å². The number of hydrogen-bond acceptors (Lipinski definition) is 13. The molecule has 8 aliphatic rings. The number of aliphatic hydroxyl groups is 6. The number of ketones is 2. The van der Waals surface area contributed by atoms with Crippen molar-refractivity contribution in [2.45, 2.75) is 217 Å². The monoisotopic (exact) mass is 1040 g/mol. The lowest BCUT2D eigenvalue weighted by atomic mass is 9.43. The smallest absolute Gasteiger partial charge is 0.164 e. The molecule has 0 amide bonds. The second-order valence-corrected chi connectivity index (χ2v) is 28.4. The van der Waals surface area contributed by atoms with Crippen molar-refractivity contribution < 1.29 is 43.9 Å². The van der Waals surface area contributed by atoms with Gasteiger partial charge in [0.2, 0.25) is 0 Å². The van der Waals surface area contributed by atoms with Crippen molar-refractivity contribution in [1.29, 1.82) is 0 Å². The highest BCUT2D eigenvalue weighted by atomic mass is 32.2. The van der Waals surface area contributed by atoms with Gasteiger partial charge in [0.05, 0.1) is 57.8 Å². The van der Waals surface area contributed by atoms with Crippen LogP contribution in [0.2, 0.25) is 0 Å². The van der Waals surface area contributed by atoms with Gasteiger partial charge in [-0.05, 0) is 221 Å². The maximum atomic E-state index is 14.2. The fraction of sp³-hybridized carbons (Fsp3) is 0.800. The van der Waals surface area contributed by atoms with Crippen LogP contribution in [0.15, 0.2) is 34.3 Å². The summed E-state index contributed by atoms with van der Waals surface area (Å²) in [6.45, 7) is 17.5. The number of carbonyl (C=O) groups excluding carboxylic acids is 2. The van der Waals surface area contributed by atoms with Gasteiger partial charge >= 0.3 is 0 Å². The van der Waals surface area contributed by atoms with Gasteiger partial charge < -0.3 is 30.6 Å². The first-order valence-corrected chi connectivity index (χ1v) is 30.2. The molecule has 22 atom stereocenters. The van der Waals surface area contributed by atoms with Crippen LogP contribution in [-0.2, 0) is 3.63 Å². The van der Waals surface area contributed by atoms with Crippen molar-refractivity contribution in [3.63, 3.8) is 0 Å². The molecule has 0 radical (unpaired) electrons. The van der Waals surface area contributed by atoms with Crippen molar-refractivity contribution in [3.8, 4) is 0 Å². The van der Waals surface area contributed by atoms with Gasteiger partial charge in [0.15, 0.2) is 11.6 Å². The number of rotatable bonds is 14. The van der Waals surface area contributed by atoms with Crippen LogP contribution in [0.5, 0.6) is 0 Å². The number of Topliss-reactive ketones (excluding diaryl/α,β-unsaturated/α-hetero) is 2. The van der Waals surface area contributed by atoms with Crippen LogP contribution < -0.4 is 0 Å². The Morgan fingerprint density at radius 1 is 0.589 bits per heavy atom. The van der Waals surface area contributed by atoms with Crippen LogP contribution in [0.1, 0.15) is 189 Å². The lowest BCUT2D eigenvalue weighted by Crippen LogP contribution is -2.62. The Hall–Kier alpha value is -1.94. The maximum absolute atomic E-state index is 14.2. The molecule has 8 saturated carbocycles. The normalized spacial score (nSPS) is 44.7. The van der Waals surface area contributed by atoms with Gasteiger partial charge in [-0.3, -0.25) is 19.6 Å². The highest BCUT2D eigenvalue weighted by Gasteiger charge is 2.67. The molecule has 10 rings (SSSR count). The van der Waals surface area contributed by atoms with Crippen LogP contribution in [-0.4, -0.2) is 88.8 Å². The van der Waals surface area contributed by atoms with E-state index in [2.05, 4.69) is 51.5 Å². The largest absolute Gasteiger partial charge is 0.393 e.